The summed E-state index contributed by atoms with van der Waals surface area (Å²) in [4.78, 5) is 0.0623. The molecule has 27 heavy (non-hydrogen) atoms. The van der Waals surface area contributed by atoms with Gasteiger partial charge < -0.3 is 5.11 Å². The molecule has 1 fully saturated rings. The van der Waals surface area contributed by atoms with E-state index in [-0.39, 0.29) is 10.8 Å². The second-order valence-corrected chi connectivity index (χ2v) is 11.0. The van der Waals surface area contributed by atoms with Crippen molar-refractivity contribution in [1.29, 1.82) is 0 Å². The second kappa shape index (κ2) is 7.26. The van der Waals surface area contributed by atoms with Gasteiger partial charge in [0, 0.05) is 0 Å². The topological polar surface area (TPSA) is 91.8 Å². The van der Waals surface area contributed by atoms with Crippen molar-refractivity contribution in [2.45, 2.75) is 36.8 Å². The lowest BCUT2D eigenvalue weighted by atomic mass is 10.0. The zero-order chi connectivity index (χ0) is 19.8. The Balaban J connectivity index is 2.10. The first-order valence-electron chi connectivity index (χ1n) is 8.70. The van der Waals surface area contributed by atoms with Crippen LogP contribution in [0.25, 0.3) is 0 Å². The van der Waals surface area contributed by atoms with Gasteiger partial charge >= 0.3 is 0 Å². The zero-order valence-corrected chi connectivity index (χ0v) is 16.8. The van der Waals surface area contributed by atoms with Crippen molar-refractivity contribution in [3.05, 3.63) is 60.2 Å². The number of para-hydroxylation sites is 1. The van der Waals surface area contributed by atoms with Crippen LogP contribution < -0.4 is 4.31 Å². The predicted octanol–water partition coefficient (Wildman–Crippen LogP) is 2.16. The van der Waals surface area contributed by atoms with Crippen molar-refractivity contribution in [1.82, 2.24) is 0 Å². The van der Waals surface area contributed by atoms with Gasteiger partial charge in [0.05, 0.1) is 34.2 Å². The van der Waals surface area contributed by atoms with Crippen LogP contribution in [0.4, 0.5) is 5.69 Å². The molecule has 2 aromatic carbocycles. The van der Waals surface area contributed by atoms with Gasteiger partial charge in [-0.05, 0) is 35.7 Å². The van der Waals surface area contributed by atoms with Crippen molar-refractivity contribution in [2.75, 3.05) is 15.8 Å². The van der Waals surface area contributed by atoms with E-state index in [2.05, 4.69) is 0 Å². The second-order valence-electron chi connectivity index (χ2n) is 7.07. The van der Waals surface area contributed by atoms with Crippen LogP contribution in [-0.2, 0) is 19.9 Å². The van der Waals surface area contributed by atoms with Gasteiger partial charge in [-0.25, -0.2) is 16.8 Å². The summed E-state index contributed by atoms with van der Waals surface area (Å²) in [6, 6.07) is 13.8. The Morgan fingerprint density at radius 2 is 1.59 bits per heavy atom. The van der Waals surface area contributed by atoms with E-state index in [1.807, 2.05) is 13.8 Å². The van der Waals surface area contributed by atoms with Gasteiger partial charge in [-0.15, -0.1) is 0 Å². The Morgan fingerprint density at radius 1 is 1.00 bits per heavy atom. The van der Waals surface area contributed by atoms with Crippen molar-refractivity contribution < 1.29 is 21.9 Å². The van der Waals surface area contributed by atoms with Gasteiger partial charge in [0.15, 0.2) is 9.84 Å². The number of sulfone groups is 1. The summed E-state index contributed by atoms with van der Waals surface area (Å²) >= 11 is 0. The van der Waals surface area contributed by atoms with Crippen LogP contribution in [0.5, 0.6) is 0 Å². The van der Waals surface area contributed by atoms with Gasteiger partial charge in [-0.1, -0.05) is 44.2 Å². The Bertz CT molecular complexity index is 1000. The fourth-order valence-electron chi connectivity index (χ4n) is 3.26. The fourth-order valence-corrected chi connectivity index (χ4v) is 6.80. The molecular formula is C19H23NO5S2. The highest BCUT2D eigenvalue weighted by Crippen LogP contribution is 2.31. The molecule has 6 nitrogen and oxygen atoms in total. The van der Waals surface area contributed by atoms with Crippen LogP contribution in [0.2, 0.25) is 0 Å². The van der Waals surface area contributed by atoms with E-state index in [4.69, 9.17) is 0 Å². The van der Waals surface area contributed by atoms with E-state index in [9.17, 15) is 21.9 Å². The number of anilines is 1. The largest absolute Gasteiger partial charge is 0.390 e. The number of hydrogen-bond acceptors (Lipinski definition) is 5. The van der Waals surface area contributed by atoms with Crippen molar-refractivity contribution in [3.63, 3.8) is 0 Å². The number of aliphatic hydroxyl groups is 1. The summed E-state index contributed by atoms with van der Waals surface area (Å²) in [6.45, 7) is 4.03. The first kappa shape index (κ1) is 19.9. The molecule has 0 radical (unpaired) electrons. The average molecular weight is 410 g/mol. The third-order valence-corrected chi connectivity index (χ3v) is 8.28. The highest BCUT2D eigenvalue weighted by Gasteiger charge is 2.45. The van der Waals surface area contributed by atoms with Crippen molar-refractivity contribution >= 4 is 25.5 Å². The van der Waals surface area contributed by atoms with Gasteiger partial charge in [0.25, 0.3) is 10.0 Å². The molecule has 0 aromatic heterocycles. The molecule has 2 aromatic rings. The molecule has 3 rings (SSSR count). The Labute approximate surface area is 160 Å². The Morgan fingerprint density at radius 3 is 2.07 bits per heavy atom. The van der Waals surface area contributed by atoms with E-state index < -0.39 is 43.5 Å². The highest BCUT2D eigenvalue weighted by molar-refractivity contribution is 7.93. The van der Waals surface area contributed by atoms with E-state index >= 15 is 0 Å². The van der Waals surface area contributed by atoms with E-state index in [0.29, 0.717) is 5.69 Å². The van der Waals surface area contributed by atoms with Gasteiger partial charge in [-0.3, -0.25) is 4.31 Å². The van der Waals surface area contributed by atoms with Gasteiger partial charge in [0.1, 0.15) is 0 Å². The summed E-state index contributed by atoms with van der Waals surface area (Å²) in [6.07, 6.45) is -1.28. The SMILES string of the molecule is CC(C)c1ccc(S(=O)(=O)N(c2ccccc2)[C@@H]2CS(=O)(=O)C[C@H]2O)cc1. The van der Waals surface area contributed by atoms with E-state index in [1.54, 1.807) is 42.5 Å². The summed E-state index contributed by atoms with van der Waals surface area (Å²) in [7, 11) is -7.57. The normalized spacial score (nSPS) is 22.1. The lowest BCUT2D eigenvalue weighted by Crippen LogP contribution is -2.47. The predicted molar refractivity (Wildman–Crippen MR) is 105 cm³/mol. The monoisotopic (exact) mass is 409 g/mol. The molecule has 0 bridgehead atoms. The van der Waals surface area contributed by atoms with Crippen LogP contribution in [0.1, 0.15) is 25.3 Å². The molecule has 1 saturated heterocycles. The van der Waals surface area contributed by atoms with Crippen molar-refractivity contribution in [3.8, 4) is 0 Å². The Hall–Kier alpha value is -1.90. The van der Waals surface area contributed by atoms with E-state index in [1.165, 1.54) is 12.1 Å². The van der Waals surface area contributed by atoms with Crippen LogP contribution >= 0.6 is 0 Å². The minimum absolute atomic E-state index is 0.0623. The smallest absolute Gasteiger partial charge is 0.264 e. The standard InChI is InChI=1S/C19H23NO5S2/c1-14(2)15-8-10-17(11-9-15)27(24,25)20(16-6-4-3-5-7-16)18-12-26(22,23)13-19(18)21/h3-11,14,18-19,21H,12-13H2,1-2H3/t18-,19-/m1/s1. The molecular weight excluding hydrogens is 386 g/mol. The maximum Gasteiger partial charge on any atom is 0.264 e. The first-order valence-corrected chi connectivity index (χ1v) is 12.0. The minimum Gasteiger partial charge on any atom is -0.390 e. The Kier molecular flexibility index (Phi) is 5.33. The summed E-state index contributed by atoms with van der Waals surface area (Å²) in [5.41, 5.74) is 1.33. The summed E-state index contributed by atoms with van der Waals surface area (Å²) in [5.74, 6) is -0.594. The van der Waals surface area contributed by atoms with Crippen LogP contribution in [-0.4, -0.2) is 45.6 Å². The number of nitrogens with zero attached hydrogens (tertiary/aromatic N) is 1. The summed E-state index contributed by atoms with van der Waals surface area (Å²) < 4.78 is 51.8. The minimum atomic E-state index is -4.05. The third kappa shape index (κ3) is 4.02. The molecule has 0 spiro atoms. The molecule has 2 atom stereocenters. The number of rotatable bonds is 5. The third-order valence-electron chi connectivity index (χ3n) is 4.71. The molecule has 146 valence electrons. The maximum atomic E-state index is 13.4. The number of sulfonamides is 1. The first-order chi connectivity index (χ1) is 12.6. The van der Waals surface area contributed by atoms with E-state index in [0.717, 1.165) is 9.87 Å². The lowest BCUT2D eigenvalue weighted by molar-refractivity contribution is 0.184. The zero-order valence-electron chi connectivity index (χ0n) is 15.2. The molecule has 1 heterocycles. The van der Waals surface area contributed by atoms with Crippen LogP contribution in [0, 0.1) is 0 Å². The fraction of sp³-hybridized carbons (Fsp3) is 0.368. The van der Waals surface area contributed by atoms with Crippen LogP contribution in [0.3, 0.4) is 0 Å². The number of aliphatic hydroxyl groups excluding tert-OH is 1. The molecule has 0 saturated carbocycles. The molecule has 1 N–H and O–H groups in total. The molecule has 0 amide bonds. The molecule has 0 unspecified atom stereocenters. The number of hydrogen-bond donors (Lipinski definition) is 1. The molecule has 1 aliphatic rings. The quantitative estimate of drug-likeness (QED) is 0.817. The maximum absolute atomic E-state index is 13.4. The molecule has 8 heteroatoms. The van der Waals surface area contributed by atoms with Crippen LogP contribution in [0.15, 0.2) is 59.5 Å². The molecule has 1 aliphatic heterocycles. The average Bonchev–Trinajstić information content (AvgIpc) is 2.88. The van der Waals surface area contributed by atoms with Gasteiger partial charge in [-0.2, -0.15) is 0 Å². The van der Waals surface area contributed by atoms with Crippen molar-refractivity contribution in [2.24, 2.45) is 0 Å². The molecule has 0 aliphatic carbocycles. The summed E-state index contributed by atoms with van der Waals surface area (Å²) in [5, 5.41) is 10.3. The lowest BCUT2D eigenvalue weighted by Gasteiger charge is -2.31. The number of benzene rings is 2. The highest BCUT2D eigenvalue weighted by atomic mass is 32.2. The van der Waals surface area contributed by atoms with Gasteiger partial charge in [0.2, 0.25) is 0 Å².